The molecule has 0 unspecified atom stereocenters. The average molecular weight is 269 g/mol. The Bertz CT molecular complexity index is 565. The molecule has 20 heavy (non-hydrogen) atoms. The maximum Gasteiger partial charge on any atom is 0.228 e. The molecule has 2 aromatic rings. The number of likely N-dealkylation sites (N-methyl/N-ethyl adjacent to an activating group) is 1. The number of amides is 1. The molecule has 0 aromatic carbocycles. The molecular weight excluding hydrogens is 250 g/mol. The van der Waals surface area contributed by atoms with Gasteiger partial charge in [-0.15, -0.1) is 0 Å². The molecule has 1 amide bonds. The smallest absolute Gasteiger partial charge is 0.228 e. The van der Waals surface area contributed by atoms with Crippen LogP contribution in [0, 0.1) is 0 Å². The summed E-state index contributed by atoms with van der Waals surface area (Å²) >= 11 is 0. The van der Waals surface area contributed by atoms with Crippen LogP contribution in [-0.4, -0.2) is 33.9 Å². The quantitative estimate of drug-likeness (QED) is 0.838. The fourth-order valence-corrected chi connectivity index (χ4v) is 2.14. The minimum absolute atomic E-state index is 0.120. The summed E-state index contributed by atoms with van der Waals surface area (Å²) in [6, 6.07) is 7.81. The Morgan fingerprint density at radius 2 is 1.70 bits per heavy atom. The second-order valence-corrected chi connectivity index (χ2v) is 4.51. The highest BCUT2D eigenvalue weighted by atomic mass is 16.2. The molecule has 0 bridgehead atoms. The Morgan fingerprint density at radius 1 is 1.05 bits per heavy atom. The van der Waals surface area contributed by atoms with Gasteiger partial charge in [-0.3, -0.25) is 14.8 Å². The first-order valence-corrected chi connectivity index (χ1v) is 6.87. The van der Waals surface area contributed by atoms with Gasteiger partial charge in [-0.25, -0.2) is 0 Å². The number of pyridine rings is 2. The van der Waals surface area contributed by atoms with E-state index in [0.29, 0.717) is 6.42 Å². The van der Waals surface area contributed by atoms with E-state index in [9.17, 15) is 4.79 Å². The van der Waals surface area contributed by atoms with Crippen molar-refractivity contribution in [3.63, 3.8) is 0 Å². The molecule has 0 spiro atoms. The number of hydrogen-bond acceptors (Lipinski definition) is 3. The Kier molecular flexibility index (Phi) is 4.82. The van der Waals surface area contributed by atoms with Gasteiger partial charge in [0, 0.05) is 31.7 Å². The highest BCUT2D eigenvalue weighted by Crippen LogP contribution is 2.18. The van der Waals surface area contributed by atoms with E-state index in [1.54, 1.807) is 18.6 Å². The van der Waals surface area contributed by atoms with Crippen molar-refractivity contribution < 1.29 is 4.79 Å². The molecule has 0 aliphatic rings. The molecule has 0 fully saturated rings. The molecule has 0 atom stereocenters. The van der Waals surface area contributed by atoms with Crippen LogP contribution in [0.3, 0.4) is 0 Å². The molecule has 104 valence electrons. The molecule has 0 radical (unpaired) electrons. The van der Waals surface area contributed by atoms with E-state index in [1.807, 2.05) is 43.0 Å². The molecule has 0 saturated carbocycles. The average Bonchev–Trinajstić information content (AvgIpc) is 2.49. The van der Waals surface area contributed by atoms with Gasteiger partial charge in [0.1, 0.15) is 0 Å². The minimum Gasteiger partial charge on any atom is -0.343 e. The number of nitrogens with zero attached hydrogens (tertiary/aromatic N) is 3. The standard InChI is InChI=1S/C16H19N3O/c1-3-19(4-2)16(20)12-15-11-14(7-10-18-15)13-5-8-17-9-6-13/h5-11H,3-4,12H2,1-2H3. The van der Waals surface area contributed by atoms with Gasteiger partial charge in [-0.05, 0) is 49.2 Å². The summed E-state index contributed by atoms with van der Waals surface area (Å²) < 4.78 is 0. The fraction of sp³-hybridized carbons (Fsp3) is 0.312. The van der Waals surface area contributed by atoms with Crippen molar-refractivity contribution in [2.24, 2.45) is 0 Å². The topological polar surface area (TPSA) is 46.1 Å². The zero-order valence-electron chi connectivity index (χ0n) is 11.9. The van der Waals surface area contributed by atoms with Gasteiger partial charge in [0.15, 0.2) is 0 Å². The Morgan fingerprint density at radius 3 is 2.35 bits per heavy atom. The maximum absolute atomic E-state index is 12.1. The fourth-order valence-electron chi connectivity index (χ4n) is 2.14. The molecule has 4 heteroatoms. The van der Waals surface area contributed by atoms with Crippen molar-refractivity contribution in [1.29, 1.82) is 0 Å². The van der Waals surface area contributed by atoms with Crippen LogP contribution < -0.4 is 0 Å². The molecule has 0 saturated heterocycles. The van der Waals surface area contributed by atoms with Crippen LogP contribution in [0.25, 0.3) is 11.1 Å². The third kappa shape index (κ3) is 3.41. The largest absolute Gasteiger partial charge is 0.343 e. The summed E-state index contributed by atoms with van der Waals surface area (Å²) in [4.78, 5) is 22.2. The summed E-state index contributed by atoms with van der Waals surface area (Å²) in [6.45, 7) is 5.45. The number of carbonyl (C=O) groups excluding carboxylic acids is 1. The van der Waals surface area contributed by atoms with E-state index in [4.69, 9.17) is 0 Å². The van der Waals surface area contributed by atoms with Crippen molar-refractivity contribution in [3.05, 3.63) is 48.5 Å². The second-order valence-electron chi connectivity index (χ2n) is 4.51. The summed E-state index contributed by atoms with van der Waals surface area (Å²) in [6.07, 6.45) is 5.62. The normalized spacial score (nSPS) is 10.3. The van der Waals surface area contributed by atoms with Crippen LogP contribution in [-0.2, 0) is 11.2 Å². The molecular formula is C16H19N3O. The lowest BCUT2D eigenvalue weighted by Crippen LogP contribution is -2.31. The van der Waals surface area contributed by atoms with Gasteiger partial charge in [0.25, 0.3) is 0 Å². The van der Waals surface area contributed by atoms with Gasteiger partial charge in [0.05, 0.1) is 12.1 Å². The maximum atomic E-state index is 12.1. The lowest BCUT2D eigenvalue weighted by atomic mass is 10.1. The van der Waals surface area contributed by atoms with Crippen molar-refractivity contribution in [1.82, 2.24) is 14.9 Å². The lowest BCUT2D eigenvalue weighted by molar-refractivity contribution is -0.130. The van der Waals surface area contributed by atoms with E-state index in [1.165, 1.54) is 0 Å². The summed E-state index contributed by atoms with van der Waals surface area (Å²) in [7, 11) is 0. The van der Waals surface area contributed by atoms with Crippen molar-refractivity contribution in [2.75, 3.05) is 13.1 Å². The molecule has 0 aliphatic heterocycles. The minimum atomic E-state index is 0.120. The lowest BCUT2D eigenvalue weighted by Gasteiger charge is -2.18. The monoisotopic (exact) mass is 269 g/mol. The molecule has 0 N–H and O–H groups in total. The van der Waals surface area contributed by atoms with Crippen LogP contribution in [0.2, 0.25) is 0 Å². The van der Waals surface area contributed by atoms with E-state index in [2.05, 4.69) is 9.97 Å². The summed E-state index contributed by atoms with van der Waals surface area (Å²) in [5, 5.41) is 0. The first-order valence-electron chi connectivity index (χ1n) is 6.87. The van der Waals surface area contributed by atoms with Gasteiger partial charge < -0.3 is 4.90 Å². The second kappa shape index (κ2) is 6.80. The molecule has 2 aromatic heterocycles. The number of hydrogen-bond donors (Lipinski definition) is 0. The molecule has 2 heterocycles. The van der Waals surface area contributed by atoms with E-state index >= 15 is 0 Å². The highest BCUT2D eigenvalue weighted by molar-refractivity contribution is 5.78. The van der Waals surface area contributed by atoms with Gasteiger partial charge in [-0.2, -0.15) is 0 Å². The first-order chi connectivity index (χ1) is 9.74. The SMILES string of the molecule is CCN(CC)C(=O)Cc1cc(-c2ccncc2)ccn1. The highest BCUT2D eigenvalue weighted by Gasteiger charge is 2.11. The van der Waals surface area contributed by atoms with Crippen molar-refractivity contribution in [2.45, 2.75) is 20.3 Å². The Balaban J connectivity index is 2.17. The Labute approximate surface area is 119 Å². The molecule has 0 aliphatic carbocycles. The zero-order valence-corrected chi connectivity index (χ0v) is 11.9. The third-order valence-electron chi connectivity index (χ3n) is 3.28. The predicted molar refractivity (Wildman–Crippen MR) is 79.1 cm³/mol. The number of carbonyl (C=O) groups is 1. The van der Waals surface area contributed by atoms with Gasteiger partial charge >= 0.3 is 0 Å². The van der Waals surface area contributed by atoms with E-state index in [-0.39, 0.29) is 5.91 Å². The Hall–Kier alpha value is -2.23. The summed E-state index contributed by atoms with van der Waals surface area (Å²) in [5.74, 6) is 0.120. The number of aromatic nitrogens is 2. The zero-order chi connectivity index (χ0) is 14.4. The van der Waals surface area contributed by atoms with E-state index < -0.39 is 0 Å². The van der Waals surface area contributed by atoms with Crippen LogP contribution in [0.4, 0.5) is 0 Å². The first kappa shape index (κ1) is 14.2. The van der Waals surface area contributed by atoms with E-state index in [0.717, 1.165) is 29.9 Å². The third-order valence-corrected chi connectivity index (χ3v) is 3.28. The van der Waals surface area contributed by atoms with Crippen LogP contribution in [0.15, 0.2) is 42.9 Å². The van der Waals surface area contributed by atoms with Gasteiger partial charge in [0.2, 0.25) is 5.91 Å². The van der Waals surface area contributed by atoms with Crippen LogP contribution >= 0.6 is 0 Å². The molecule has 4 nitrogen and oxygen atoms in total. The van der Waals surface area contributed by atoms with Crippen LogP contribution in [0.1, 0.15) is 19.5 Å². The van der Waals surface area contributed by atoms with Crippen LogP contribution in [0.5, 0.6) is 0 Å². The predicted octanol–water partition coefficient (Wildman–Crippen LogP) is 2.55. The summed E-state index contributed by atoms with van der Waals surface area (Å²) in [5.41, 5.74) is 2.94. The molecule has 2 rings (SSSR count). The number of rotatable bonds is 5. The van der Waals surface area contributed by atoms with Crippen molar-refractivity contribution >= 4 is 5.91 Å². The van der Waals surface area contributed by atoms with Gasteiger partial charge in [-0.1, -0.05) is 0 Å². The van der Waals surface area contributed by atoms with Crippen molar-refractivity contribution in [3.8, 4) is 11.1 Å².